The SMILES string of the molecule is CCCC(=O)Nc1cccc(CN=C(NCC)NC(C)COC)c1. The summed E-state index contributed by atoms with van der Waals surface area (Å²) >= 11 is 0. The normalized spacial score (nSPS) is 12.6. The minimum atomic E-state index is 0.0431. The molecule has 0 aliphatic carbocycles. The highest BCUT2D eigenvalue weighted by Crippen LogP contribution is 2.12. The molecule has 6 nitrogen and oxygen atoms in total. The molecular weight excluding hydrogens is 304 g/mol. The summed E-state index contributed by atoms with van der Waals surface area (Å²) in [5.41, 5.74) is 1.85. The summed E-state index contributed by atoms with van der Waals surface area (Å²) in [4.78, 5) is 16.3. The predicted molar refractivity (Wildman–Crippen MR) is 99.3 cm³/mol. The topological polar surface area (TPSA) is 74.8 Å². The fraction of sp³-hybridized carbons (Fsp3) is 0.556. The molecule has 134 valence electrons. The van der Waals surface area contributed by atoms with Gasteiger partial charge in [-0.05, 0) is 38.0 Å². The molecule has 6 heteroatoms. The molecule has 0 spiro atoms. The number of nitrogens with one attached hydrogen (secondary N) is 3. The van der Waals surface area contributed by atoms with Gasteiger partial charge in [0.1, 0.15) is 0 Å². The number of ether oxygens (including phenoxy) is 1. The Kier molecular flexibility index (Phi) is 9.53. The lowest BCUT2D eigenvalue weighted by Crippen LogP contribution is -2.43. The van der Waals surface area contributed by atoms with Crippen LogP contribution in [0, 0.1) is 0 Å². The molecule has 0 aliphatic rings. The van der Waals surface area contributed by atoms with E-state index < -0.39 is 0 Å². The monoisotopic (exact) mass is 334 g/mol. The summed E-state index contributed by atoms with van der Waals surface area (Å²) in [6.07, 6.45) is 1.38. The van der Waals surface area contributed by atoms with E-state index >= 15 is 0 Å². The molecule has 0 saturated heterocycles. The first-order valence-corrected chi connectivity index (χ1v) is 8.51. The number of amides is 1. The molecule has 0 bridgehead atoms. The highest BCUT2D eigenvalue weighted by Gasteiger charge is 2.05. The Morgan fingerprint density at radius 3 is 2.79 bits per heavy atom. The molecule has 1 aromatic rings. The van der Waals surface area contributed by atoms with Crippen LogP contribution in [0.4, 0.5) is 5.69 Å². The maximum Gasteiger partial charge on any atom is 0.224 e. The maximum atomic E-state index is 11.7. The Labute approximate surface area is 145 Å². The van der Waals surface area contributed by atoms with Crippen molar-refractivity contribution in [3.63, 3.8) is 0 Å². The van der Waals surface area contributed by atoms with Crippen LogP contribution in [0.2, 0.25) is 0 Å². The van der Waals surface area contributed by atoms with E-state index in [1.807, 2.05) is 45.0 Å². The van der Waals surface area contributed by atoms with E-state index in [0.717, 1.165) is 30.2 Å². The average molecular weight is 334 g/mol. The fourth-order valence-electron chi connectivity index (χ4n) is 2.21. The van der Waals surface area contributed by atoms with Crippen LogP contribution in [0.3, 0.4) is 0 Å². The van der Waals surface area contributed by atoms with Crippen LogP contribution in [0.15, 0.2) is 29.3 Å². The molecule has 0 fully saturated rings. The third-order valence-electron chi connectivity index (χ3n) is 3.25. The van der Waals surface area contributed by atoms with Crippen molar-refractivity contribution in [3.8, 4) is 0 Å². The number of hydrogen-bond donors (Lipinski definition) is 3. The summed E-state index contributed by atoms with van der Waals surface area (Å²) in [5, 5.41) is 9.43. The number of carbonyl (C=O) groups is 1. The van der Waals surface area contributed by atoms with Crippen LogP contribution < -0.4 is 16.0 Å². The second kappa shape index (κ2) is 11.5. The molecule has 1 amide bonds. The quantitative estimate of drug-likeness (QED) is 0.479. The van der Waals surface area contributed by atoms with Gasteiger partial charge >= 0.3 is 0 Å². The van der Waals surface area contributed by atoms with E-state index in [1.165, 1.54) is 0 Å². The molecule has 0 radical (unpaired) electrons. The van der Waals surface area contributed by atoms with E-state index in [1.54, 1.807) is 7.11 Å². The molecule has 0 heterocycles. The number of anilines is 1. The Hall–Kier alpha value is -2.08. The van der Waals surface area contributed by atoms with Crippen LogP contribution in [0.25, 0.3) is 0 Å². The lowest BCUT2D eigenvalue weighted by Gasteiger charge is -2.17. The zero-order valence-corrected chi connectivity index (χ0v) is 15.2. The van der Waals surface area contributed by atoms with Gasteiger partial charge in [-0.15, -0.1) is 0 Å². The van der Waals surface area contributed by atoms with Gasteiger partial charge in [0, 0.05) is 31.8 Å². The lowest BCUT2D eigenvalue weighted by atomic mass is 10.2. The second-order valence-electron chi connectivity index (χ2n) is 5.69. The van der Waals surface area contributed by atoms with Gasteiger partial charge in [0.15, 0.2) is 5.96 Å². The zero-order chi connectivity index (χ0) is 17.8. The number of nitrogens with zero attached hydrogens (tertiary/aromatic N) is 1. The summed E-state index contributed by atoms with van der Waals surface area (Å²) in [6, 6.07) is 7.96. The highest BCUT2D eigenvalue weighted by molar-refractivity contribution is 5.90. The Balaban J connectivity index is 2.69. The van der Waals surface area contributed by atoms with Gasteiger partial charge in [0.2, 0.25) is 5.91 Å². The molecule has 1 aromatic carbocycles. The second-order valence-corrected chi connectivity index (χ2v) is 5.69. The van der Waals surface area contributed by atoms with Gasteiger partial charge < -0.3 is 20.7 Å². The summed E-state index contributed by atoms with van der Waals surface area (Å²) in [6.45, 7) is 8.00. The molecule has 0 aliphatic heterocycles. The maximum absolute atomic E-state index is 11.7. The molecule has 1 rings (SSSR count). The van der Waals surface area contributed by atoms with Crippen LogP contribution in [-0.2, 0) is 16.1 Å². The van der Waals surface area contributed by atoms with Gasteiger partial charge in [-0.2, -0.15) is 0 Å². The Morgan fingerprint density at radius 2 is 2.12 bits per heavy atom. The molecule has 3 N–H and O–H groups in total. The first kappa shape index (κ1) is 20.0. The number of aliphatic imine (C=N–C) groups is 1. The highest BCUT2D eigenvalue weighted by atomic mass is 16.5. The van der Waals surface area contributed by atoms with Crippen LogP contribution in [0.5, 0.6) is 0 Å². The average Bonchev–Trinajstić information content (AvgIpc) is 2.53. The van der Waals surface area contributed by atoms with E-state index in [-0.39, 0.29) is 11.9 Å². The van der Waals surface area contributed by atoms with Crippen molar-refractivity contribution >= 4 is 17.6 Å². The molecule has 0 saturated carbocycles. The number of rotatable bonds is 9. The number of carbonyl (C=O) groups excluding carboxylic acids is 1. The lowest BCUT2D eigenvalue weighted by molar-refractivity contribution is -0.116. The van der Waals surface area contributed by atoms with Gasteiger partial charge in [-0.25, -0.2) is 4.99 Å². The molecule has 1 atom stereocenters. The van der Waals surface area contributed by atoms with Crippen molar-refractivity contribution in [1.82, 2.24) is 10.6 Å². The largest absolute Gasteiger partial charge is 0.383 e. The summed E-state index contributed by atoms with van der Waals surface area (Å²) in [7, 11) is 1.68. The Morgan fingerprint density at radius 1 is 1.33 bits per heavy atom. The van der Waals surface area contributed by atoms with E-state index in [2.05, 4.69) is 20.9 Å². The smallest absolute Gasteiger partial charge is 0.224 e. The molecule has 0 aromatic heterocycles. The predicted octanol–water partition coefficient (Wildman–Crippen LogP) is 2.52. The third kappa shape index (κ3) is 7.97. The van der Waals surface area contributed by atoms with Crippen molar-refractivity contribution in [3.05, 3.63) is 29.8 Å². The van der Waals surface area contributed by atoms with Gasteiger partial charge in [0.25, 0.3) is 0 Å². The standard InChI is InChI=1S/C18H30N4O2/c1-5-8-17(23)22-16-10-7-9-15(11-16)12-20-18(19-6-2)21-14(3)13-24-4/h7,9-11,14H,5-6,8,12-13H2,1-4H3,(H,22,23)(H2,19,20,21). The van der Waals surface area contributed by atoms with Gasteiger partial charge in [-0.1, -0.05) is 19.1 Å². The minimum Gasteiger partial charge on any atom is -0.383 e. The van der Waals surface area contributed by atoms with Crippen molar-refractivity contribution in [2.24, 2.45) is 4.99 Å². The summed E-state index contributed by atoms with van der Waals surface area (Å²) in [5.74, 6) is 0.795. The van der Waals surface area contributed by atoms with E-state index in [9.17, 15) is 4.79 Å². The first-order chi connectivity index (χ1) is 11.6. The number of methoxy groups -OCH3 is 1. The third-order valence-corrected chi connectivity index (χ3v) is 3.25. The summed E-state index contributed by atoms with van der Waals surface area (Å²) < 4.78 is 5.13. The van der Waals surface area contributed by atoms with Crippen LogP contribution in [0.1, 0.15) is 39.2 Å². The van der Waals surface area contributed by atoms with Crippen molar-refractivity contribution in [2.75, 3.05) is 25.6 Å². The van der Waals surface area contributed by atoms with Gasteiger partial charge in [0.05, 0.1) is 13.2 Å². The first-order valence-electron chi connectivity index (χ1n) is 8.51. The van der Waals surface area contributed by atoms with Crippen LogP contribution >= 0.6 is 0 Å². The minimum absolute atomic E-state index is 0.0431. The van der Waals surface area contributed by atoms with Gasteiger partial charge in [-0.3, -0.25) is 4.79 Å². The van der Waals surface area contributed by atoms with Crippen LogP contribution in [-0.4, -0.2) is 38.2 Å². The van der Waals surface area contributed by atoms with Crippen molar-refractivity contribution < 1.29 is 9.53 Å². The van der Waals surface area contributed by atoms with Crippen molar-refractivity contribution in [2.45, 2.75) is 46.2 Å². The van der Waals surface area contributed by atoms with Crippen molar-refractivity contribution in [1.29, 1.82) is 0 Å². The fourth-order valence-corrected chi connectivity index (χ4v) is 2.21. The molecule has 24 heavy (non-hydrogen) atoms. The molecule has 1 unspecified atom stereocenters. The van der Waals surface area contributed by atoms with E-state index in [4.69, 9.17) is 4.74 Å². The van der Waals surface area contributed by atoms with E-state index in [0.29, 0.717) is 19.6 Å². The zero-order valence-electron chi connectivity index (χ0n) is 15.2. The number of benzene rings is 1. The number of guanidine groups is 1. The Bertz CT molecular complexity index is 532. The molecular formula is C18H30N4O2. The number of hydrogen-bond acceptors (Lipinski definition) is 3.